The molecular formula is C14H13BrO3. The van der Waals surface area contributed by atoms with Crippen molar-refractivity contribution in [2.75, 3.05) is 14.2 Å². The Bertz CT molecular complexity index is 550. The first kappa shape index (κ1) is 12.8. The van der Waals surface area contributed by atoms with E-state index in [2.05, 4.69) is 15.9 Å². The molecule has 0 bridgehead atoms. The molecule has 2 aromatic rings. The zero-order chi connectivity index (χ0) is 13.1. The lowest BCUT2D eigenvalue weighted by Gasteiger charge is -2.13. The maximum Gasteiger partial charge on any atom is 0.144 e. The third-order valence-corrected chi connectivity index (χ3v) is 3.41. The number of methoxy groups -OCH3 is 2. The highest BCUT2D eigenvalue weighted by atomic mass is 79.9. The molecule has 0 saturated heterocycles. The number of rotatable bonds is 3. The van der Waals surface area contributed by atoms with Gasteiger partial charge in [-0.3, -0.25) is 0 Å². The number of hydrogen-bond acceptors (Lipinski definition) is 3. The van der Waals surface area contributed by atoms with Gasteiger partial charge in [-0.1, -0.05) is 12.1 Å². The first-order valence-electron chi connectivity index (χ1n) is 5.37. The normalized spacial score (nSPS) is 10.2. The molecule has 2 rings (SSSR count). The Hall–Kier alpha value is -1.68. The van der Waals surface area contributed by atoms with Crippen molar-refractivity contribution in [2.24, 2.45) is 0 Å². The van der Waals surface area contributed by atoms with E-state index < -0.39 is 0 Å². The Morgan fingerprint density at radius 2 is 1.61 bits per heavy atom. The Morgan fingerprint density at radius 3 is 2.17 bits per heavy atom. The maximum atomic E-state index is 9.31. The summed E-state index contributed by atoms with van der Waals surface area (Å²) in [6.45, 7) is 0. The van der Waals surface area contributed by atoms with E-state index >= 15 is 0 Å². The van der Waals surface area contributed by atoms with Crippen molar-refractivity contribution in [3.05, 3.63) is 40.9 Å². The third kappa shape index (κ3) is 2.29. The Kier molecular flexibility index (Phi) is 3.77. The molecule has 0 aliphatic carbocycles. The van der Waals surface area contributed by atoms with Gasteiger partial charge < -0.3 is 14.6 Å². The predicted octanol–water partition coefficient (Wildman–Crippen LogP) is 3.84. The van der Waals surface area contributed by atoms with Crippen LogP contribution >= 0.6 is 15.9 Å². The van der Waals surface area contributed by atoms with Crippen molar-refractivity contribution in [2.45, 2.75) is 0 Å². The SMILES string of the molecule is COc1ccc(-c2ccc(O)cc2)c(OC)c1Br. The van der Waals surface area contributed by atoms with E-state index in [0.29, 0.717) is 5.75 Å². The average Bonchev–Trinajstić information content (AvgIpc) is 2.39. The summed E-state index contributed by atoms with van der Waals surface area (Å²) in [6, 6.07) is 10.8. The van der Waals surface area contributed by atoms with Crippen LogP contribution in [0.2, 0.25) is 0 Å². The van der Waals surface area contributed by atoms with Gasteiger partial charge in [0, 0.05) is 5.56 Å². The fraction of sp³-hybridized carbons (Fsp3) is 0.143. The Morgan fingerprint density at radius 1 is 0.944 bits per heavy atom. The molecule has 0 aliphatic rings. The van der Waals surface area contributed by atoms with Crippen LogP contribution in [-0.2, 0) is 0 Å². The van der Waals surface area contributed by atoms with Crippen LogP contribution in [-0.4, -0.2) is 19.3 Å². The van der Waals surface area contributed by atoms with Gasteiger partial charge in [0.1, 0.15) is 21.7 Å². The van der Waals surface area contributed by atoms with E-state index in [1.54, 1.807) is 26.4 Å². The molecule has 0 unspecified atom stereocenters. The van der Waals surface area contributed by atoms with Crippen LogP contribution in [0.15, 0.2) is 40.9 Å². The minimum absolute atomic E-state index is 0.241. The number of benzene rings is 2. The van der Waals surface area contributed by atoms with Gasteiger partial charge in [-0.25, -0.2) is 0 Å². The molecule has 1 N–H and O–H groups in total. The largest absolute Gasteiger partial charge is 0.508 e. The quantitative estimate of drug-likeness (QED) is 0.936. The second-order valence-electron chi connectivity index (χ2n) is 3.71. The lowest BCUT2D eigenvalue weighted by atomic mass is 10.0. The standard InChI is InChI=1S/C14H13BrO3/c1-17-12-8-7-11(14(18-2)13(12)15)9-3-5-10(16)6-4-9/h3-8,16H,1-2H3. The second-order valence-corrected chi connectivity index (χ2v) is 4.50. The van der Waals surface area contributed by atoms with Gasteiger partial charge in [0.25, 0.3) is 0 Å². The predicted molar refractivity (Wildman–Crippen MR) is 74.3 cm³/mol. The highest BCUT2D eigenvalue weighted by Gasteiger charge is 2.13. The lowest BCUT2D eigenvalue weighted by Crippen LogP contribution is -1.92. The summed E-state index contributed by atoms with van der Waals surface area (Å²) >= 11 is 3.46. The van der Waals surface area contributed by atoms with Gasteiger partial charge in [0.05, 0.1) is 14.2 Å². The highest BCUT2D eigenvalue weighted by Crippen LogP contribution is 2.42. The van der Waals surface area contributed by atoms with Crippen LogP contribution in [0.1, 0.15) is 0 Å². The molecule has 94 valence electrons. The van der Waals surface area contributed by atoms with Crippen molar-refractivity contribution in [1.29, 1.82) is 0 Å². The molecule has 0 fully saturated rings. The summed E-state index contributed by atoms with van der Waals surface area (Å²) in [5.74, 6) is 1.67. The second kappa shape index (κ2) is 5.31. The van der Waals surface area contributed by atoms with E-state index in [-0.39, 0.29) is 5.75 Å². The minimum atomic E-state index is 0.241. The molecule has 18 heavy (non-hydrogen) atoms. The fourth-order valence-electron chi connectivity index (χ4n) is 1.76. The molecule has 3 nitrogen and oxygen atoms in total. The molecule has 0 atom stereocenters. The van der Waals surface area contributed by atoms with Gasteiger partial charge >= 0.3 is 0 Å². The van der Waals surface area contributed by atoms with E-state index in [9.17, 15) is 5.11 Å². The first-order valence-corrected chi connectivity index (χ1v) is 6.16. The van der Waals surface area contributed by atoms with Gasteiger partial charge in [-0.15, -0.1) is 0 Å². The van der Waals surface area contributed by atoms with E-state index in [4.69, 9.17) is 9.47 Å². The molecule has 0 spiro atoms. The molecule has 2 aromatic carbocycles. The summed E-state index contributed by atoms with van der Waals surface area (Å²) in [4.78, 5) is 0. The topological polar surface area (TPSA) is 38.7 Å². The number of aromatic hydroxyl groups is 1. The van der Waals surface area contributed by atoms with Crippen LogP contribution in [0, 0.1) is 0 Å². The van der Waals surface area contributed by atoms with Crippen molar-refractivity contribution < 1.29 is 14.6 Å². The first-order chi connectivity index (χ1) is 8.67. The van der Waals surface area contributed by atoms with Crippen molar-refractivity contribution in [3.63, 3.8) is 0 Å². The number of phenolic OH excluding ortho intramolecular Hbond substituents is 1. The summed E-state index contributed by atoms with van der Waals surface area (Å²) in [5.41, 5.74) is 1.90. The minimum Gasteiger partial charge on any atom is -0.508 e. The average molecular weight is 309 g/mol. The van der Waals surface area contributed by atoms with Gasteiger partial charge in [-0.2, -0.15) is 0 Å². The van der Waals surface area contributed by atoms with Crippen LogP contribution < -0.4 is 9.47 Å². The number of halogens is 1. The van der Waals surface area contributed by atoms with Gasteiger partial charge in [0.2, 0.25) is 0 Å². The Labute approximate surface area is 114 Å². The molecule has 4 heteroatoms. The smallest absolute Gasteiger partial charge is 0.144 e. The Balaban J connectivity index is 2.57. The molecule has 0 aromatic heterocycles. The number of phenols is 1. The van der Waals surface area contributed by atoms with Crippen molar-refractivity contribution >= 4 is 15.9 Å². The molecule has 0 radical (unpaired) electrons. The zero-order valence-electron chi connectivity index (χ0n) is 10.1. The van der Waals surface area contributed by atoms with Crippen LogP contribution in [0.25, 0.3) is 11.1 Å². The van der Waals surface area contributed by atoms with Crippen molar-refractivity contribution in [3.8, 4) is 28.4 Å². The summed E-state index contributed by atoms with van der Waals surface area (Å²) in [5, 5.41) is 9.31. The fourth-order valence-corrected chi connectivity index (χ4v) is 2.43. The van der Waals surface area contributed by atoms with E-state index in [1.807, 2.05) is 24.3 Å². The maximum absolute atomic E-state index is 9.31. The van der Waals surface area contributed by atoms with E-state index in [1.165, 1.54) is 0 Å². The van der Waals surface area contributed by atoms with Crippen LogP contribution in [0.5, 0.6) is 17.2 Å². The third-order valence-electron chi connectivity index (χ3n) is 2.66. The summed E-state index contributed by atoms with van der Waals surface area (Å²) in [7, 11) is 3.23. The molecule has 0 aliphatic heterocycles. The van der Waals surface area contributed by atoms with Gasteiger partial charge in [-0.05, 0) is 45.8 Å². The summed E-state index contributed by atoms with van der Waals surface area (Å²) in [6.07, 6.45) is 0. The zero-order valence-corrected chi connectivity index (χ0v) is 11.7. The molecule has 0 saturated carbocycles. The van der Waals surface area contributed by atoms with E-state index in [0.717, 1.165) is 21.3 Å². The highest BCUT2D eigenvalue weighted by molar-refractivity contribution is 9.10. The van der Waals surface area contributed by atoms with Crippen molar-refractivity contribution in [1.82, 2.24) is 0 Å². The molecule has 0 heterocycles. The monoisotopic (exact) mass is 308 g/mol. The molecular weight excluding hydrogens is 296 g/mol. The summed E-state index contributed by atoms with van der Waals surface area (Å²) < 4.78 is 11.4. The number of hydrogen-bond donors (Lipinski definition) is 1. The van der Waals surface area contributed by atoms with Crippen LogP contribution in [0.4, 0.5) is 0 Å². The number of ether oxygens (including phenoxy) is 2. The molecule has 0 amide bonds. The lowest BCUT2D eigenvalue weighted by molar-refractivity contribution is 0.390. The van der Waals surface area contributed by atoms with Gasteiger partial charge in [0.15, 0.2) is 0 Å². The van der Waals surface area contributed by atoms with Crippen LogP contribution in [0.3, 0.4) is 0 Å².